The van der Waals surface area contributed by atoms with Crippen LogP contribution in [0, 0.1) is 6.92 Å². The van der Waals surface area contributed by atoms with Gasteiger partial charge in [-0.1, -0.05) is 53.7 Å². The van der Waals surface area contributed by atoms with Crippen LogP contribution in [0.15, 0.2) is 48.5 Å². The van der Waals surface area contributed by atoms with E-state index in [1.54, 1.807) is 12.1 Å². The first-order chi connectivity index (χ1) is 10.1. The maximum absolute atomic E-state index is 12.0. The zero-order valence-corrected chi connectivity index (χ0v) is 12.8. The second-order valence-electron chi connectivity index (χ2n) is 4.63. The van der Waals surface area contributed by atoms with Gasteiger partial charge >= 0.3 is 5.97 Å². The quantitative estimate of drug-likeness (QED) is 0.804. The number of carbonyl (C=O) groups excluding carboxylic acids is 2. The van der Waals surface area contributed by atoms with Crippen LogP contribution in [-0.2, 0) is 10.5 Å². The van der Waals surface area contributed by atoms with E-state index in [0.717, 1.165) is 11.1 Å². The van der Waals surface area contributed by atoms with Crippen molar-refractivity contribution < 1.29 is 14.3 Å². The average Bonchev–Trinajstić information content (AvgIpc) is 2.53. The fourth-order valence-electron chi connectivity index (χ4n) is 1.78. The summed E-state index contributed by atoms with van der Waals surface area (Å²) in [5, 5.41) is 0.0482. The van der Waals surface area contributed by atoms with E-state index in [2.05, 4.69) is 4.74 Å². The van der Waals surface area contributed by atoms with Crippen LogP contribution < -0.4 is 0 Å². The second kappa shape index (κ2) is 7.09. The number of esters is 1. The van der Waals surface area contributed by atoms with Gasteiger partial charge in [0.2, 0.25) is 5.12 Å². The molecule has 4 heteroatoms. The lowest BCUT2D eigenvalue weighted by Gasteiger charge is -2.03. The molecule has 0 heterocycles. The molecule has 0 fully saturated rings. The van der Waals surface area contributed by atoms with E-state index in [0.29, 0.717) is 16.9 Å². The van der Waals surface area contributed by atoms with Gasteiger partial charge in [-0.15, -0.1) is 0 Å². The topological polar surface area (TPSA) is 43.4 Å². The van der Waals surface area contributed by atoms with Gasteiger partial charge in [-0.2, -0.15) is 0 Å². The molecule has 0 aliphatic heterocycles. The van der Waals surface area contributed by atoms with Crippen LogP contribution in [0.3, 0.4) is 0 Å². The Hall–Kier alpha value is -2.07. The number of thioether (sulfide) groups is 1. The van der Waals surface area contributed by atoms with Crippen molar-refractivity contribution in [3.8, 4) is 0 Å². The highest BCUT2D eigenvalue weighted by molar-refractivity contribution is 8.13. The minimum atomic E-state index is -0.357. The van der Waals surface area contributed by atoms with E-state index in [-0.39, 0.29) is 11.1 Å². The van der Waals surface area contributed by atoms with Crippen molar-refractivity contribution in [2.75, 3.05) is 7.11 Å². The van der Waals surface area contributed by atoms with Crippen LogP contribution >= 0.6 is 11.8 Å². The Labute approximate surface area is 128 Å². The molecule has 2 aromatic rings. The molecule has 0 radical (unpaired) electrons. The van der Waals surface area contributed by atoms with Crippen molar-refractivity contribution in [1.82, 2.24) is 0 Å². The fraction of sp³-hybridized carbons (Fsp3) is 0.176. The summed E-state index contributed by atoms with van der Waals surface area (Å²) in [6.07, 6.45) is 0. The smallest absolute Gasteiger partial charge is 0.337 e. The fourth-order valence-corrected chi connectivity index (χ4v) is 2.57. The zero-order chi connectivity index (χ0) is 15.2. The largest absolute Gasteiger partial charge is 0.465 e. The summed E-state index contributed by atoms with van der Waals surface area (Å²) in [5.74, 6) is 0.221. The molecule has 108 valence electrons. The molecule has 0 aromatic heterocycles. The number of aryl methyl sites for hydroxylation is 1. The summed E-state index contributed by atoms with van der Waals surface area (Å²) >= 11 is 1.25. The van der Waals surface area contributed by atoms with Gasteiger partial charge in [0.15, 0.2) is 0 Å². The Morgan fingerprint density at radius 2 is 1.52 bits per heavy atom. The van der Waals surface area contributed by atoms with Crippen molar-refractivity contribution in [2.24, 2.45) is 0 Å². The number of hydrogen-bond acceptors (Lipinski definition) is 4. The van der Waals surface area contributed by atoms with Crippen molar-refractivity contribution in [2.45, 2.75) is 12.7 Å². The molecule has 0 saturated carbocycles. The van der Waals surface area contributed by atoms with Crippen molar-refractivity contribution in [1.29, 1.82) is 0 Å². The predicted molar refractivity (Wildman–Crippen MR) is 84.6 cm³/mol. The Morgan fingerprint density at radius 3 is 2.10 bits per heavy atom. The molecule has 0 bridgehead atoms. The highest BCUT2D eigenvalue weighted by Crippen LogP contribution is 2.19. The van der Waals surface area contributed by atoms with Crippen LogP contribution in [0.25, 0.3) is 0 Å². The van der Waals surface area contributed by atoms with Crippen LogP contribution in [0.4, 0.5) is 0 Å². The lowest BCUT2D eigenvalue weighted by molar-refractivity contribution is 0.0600. The minimum absolute atomic E-state index is 0.0482. The highest BCUT2D eigenvalue weighted by atomic mass is 32.2. The highest BCUT2D eigenvalue weighted by Gasteiger charge is 2.08. The molecule has 21 heavy (non-hydrogen) atoms. The van der Waals surface area contributed by atoms with Gasteiger partial charge in [-0.05, 0) is 24.6 Å². The number of hydrogen-bond donors (Lipinski definition) is 0. The lowest BCUT2D eigenvalue weighted by atomic mass is 10.1. The van der Waals surface area contributed by atoms with E-state index < -0.39 is 0 Å². The van der Waals surface area contributed by atoms with Crippen LogP contribution in [-0.4, -0.2) is 18.2 Å². The monoisotopic (exact) mass is 300 g/mol. The maximum Gasteiger partial charge on any atom is 0.337 e. The molecular formula is C17H16O3S. The summed E-state index contributed by atoms with van der Waals surface area (Å²) in [6.45, 7) is 1.99. The third-order valence-electron chi connectivity index (χ3n) is 3.03. The Morgan fingerprint density at radius 1 is 0.952 bits per heavy atom. The van der Waals surface area contributed by atoms with Gasteiger partial charge in [-0.25, -0.2) is 4.79 Å². The number of carbonyl (C=O) groups is 2. The van der Waals surface area contributed by atoms with Gasteiger partial charge in [-0.3, -0.25) is 4.79 Å². The number of rotatable bonds is 4. The summed E-state index contributed by atoms with van der Waals surface area (Å²) < 4.78 is 4.64. The van der Waals surface area contributed by atoms with E-state index in [1.807, 2.05) is 43.3 Å². The Kier molecular flexibility index (Phi) is 5.17. The number of methoxy groups -OCH3 is 1. The minimum Gasteiger partial charge on any atom is -0.465 e. The summed E-state index contributed by atoms with van der Waals surface area (Å²) in [5.41, 5.74) is 3.34. The van der Waals surface area contributed by atoms with Gasteiger partial charge in [0, 0.05) is 11.3 Å². The van der Waals surface area contributed by atoms with Crippen molar-refractivity contribution in [3.05, 3.63) is 70.8 Å². The van der Waals surface area contributed by atoms with Gasteiger partial charge in [0.05, 0.1) is 12.7 Å². The van der Waals surface area contributed by atoms with Gasteiger partial charge in [0.1, 0.15) is 0 Å². The maximum atomic E-state index is 12.0. The van der Waals surface area contributed by atoms with Crippen LogP contribution in [0.2, 0.25) is 0 Å². The molecule has 0 unspecified atom stereocenters. The summed E-state index contributed by atoms with van der Waals surface area (Å²) in [7, 11) is 1.35. The normalized spacial score (nSPS) is 10.2. The molecule has 0 aliphatic rings. The molecule has 0 spiro atoms. The van der Waals surface area contributed by atoms with Gasteiger partial charge < -0.3 is 4.74 Å². The van der Waals surface area contributed by atoms with E-state index >= 15 is 0 Å². The molecule has 2 rings (SSSR count). The first-order valence-corrected chi connectivity index (χ1v) is 7.50. The average molecular weight is 300 g/mol. The Bertz CT molecular complexity index is 630. The van der Waals surface area contributed by atoms with Gasteiger partial charge in [0.25, 0.3) is 0 Å². The molecule has 0 aliphatic carbocycles. The van der Waals surface area contributed by atoms with E-state index in [1.165, 1.54) is 18.9 Å². The predicted octanol–water partition coefficient (Wildman–Crippen LogP) is 3.86. The van der Waals surface area contributed by atoms with Crippen molar-refractivity contribution in [3.63, 3.8) is 0 Å². The first-order valence-electron chi connectivity index (χ1n) is 6.51. The standard InChI is InChI=1S/C17H16O3S/c1-12-3-7-15(8-4-12)17(19)21-11-13-5-9-14(10-6-13)16(18)20-2/h3-10H,11H2,1-2H3. The molecule has 0 saturated heterocycles. The van der Waals surface area contributed by atoms with E-state index in [9.17, 15) is 9.59 Å². The molecule has 0 N–H and O–H groups in total. The SMILES string of the molecule is COC(=O)c1ccc(CSC(=O)c2ccc(C)cc2)cc1. The van der Waals surface area contributed by atoms with E-state index in [4.69, 9.17) is 0 Å². The molecule has 0 amide bonds. The molecule has 0 atom stereocenters. The first kappa shape index (κ1) is 15.3. The Balaban J connectivity index is 1.95. The third kappa shape index (κ3) is 4.20. The van der Waals surface area contributed by atoms with Crippen LogP contribution in [0.1, 0.15) is 31.8 Å². The zero-order valence-electron chi connectivity index (χ0n) is 12.0. The van der Waals surface area contributed by atoms with Crippen LogP contribution in [0.5, 0.6) is 0 Å². The third-order valence-corrected chi connectivity index (χ3v) is 4.01. The molecular weight excluding hydrogens is 284 g/mol. The number of benzene rings is 2. The van der Waals surface area contributed by atoms with Crippen molar-refractivity contribution >= 4 is 22.8 Å². The second-order valence-corrected chi connectivity index (χ2v) is 5.58. The molecule has 3 nitrogen and oxygen atoms in total. The summed E-state index contributed by atoms with van der Waals surface area (Å²) in [6, 6.07) is 14.6. The number of ether oxygens (including phenoxy) is 1. The molecule has 2 aromatic carbocycles. The lowest BCUT2D eigenvalue weighted by Crippen LogP contribution is -2.01. The summed E-state index contributed by atoms with van der Waals surface area (Å²) in [4.78, 5) is 23.4.